The van der Waals surface area contributed by atoms with Gasteiger partial charge in [-0.3, -0.25) is 0 Å². The summed E-state index contributed by atoms with van der Waals surface area (Å²) in [6.07, 6.45) is -0.0692. The van der Waals surface area contributed by atoms with Crippen LogP contribution in [-0.4, -0.2) is 28.2 Å². The van der Waals surface area contributed by atoms with Gasteiger partial charge in [0, 0.05) is 17.8 Å². The van der Waals surface area contributed by atoms with Gasteiger partial charge in [-0.1, -0.05) is 0 Å². The van der Waals surface area contributed by atoms with Crippen LogP contribution in [0.1, 0.15) is 6.92 Å². The van der Waals surface area contributed by atoms with E-state index in [2.05, 4.69) is 31.9 Å². The molecule has 0 amide bonds. The first-order valence-corrected chi connectivity index (χ1v) is 8.74. The topological polar surface area (TPSA) is 52.6 Å². The third kappa shape index (κ3) is 4.38. The van der Waals surface area contributed by atoms with Crippen LogP contribution in [0.4, 0.5) is 0 Å². The van der Waals surface area contributed by atoms with Crippen LogP contribution in [0.3, 0.4) is 0 Å². The molecular weight excluding hydrogens is 411 g/mol. The van der Waals surface area contributed by atoms with Gasteiger partial charge in [-0.25, -0.2) is 8.42 Å². The van der Waals surface area contributed by atoms with Gasteiger partial charge in [-0.05, 0) is 50.9 Å². The van der Waals surface area contributed by atoms with Crippen molar-refractivity contribution in [2.45, 2.75) is 17.9 Å². The van der Waals surface area contributed by atoms with E-state index in [-0.39, 0.29) is 11.0 Å². The minimum Gasteiger partial charge on any atom is -0.489 e. The minimum atomic E-state index is -3.77. The van der Waals surface area contributed by atoms with Gasteiger partial charge in [0.1, 0.15) is 12.4 Å². The SMILES string of the molecule is COC(C)COc1c(Br)cc(S(=O)(=O)Cl)cc1Br. The Balaban J connectivity index is 3.02. The van der Waals surface area contributed by atoms with Gasteiger partial charge in [-0.15, -0.1) is 0 Å². The van der Waals surface area contributed by atoms with E-state index in [0.717, 1.165) is 0 Å². The maximum atomic E-state index is 11.2. The van der Waals surface area contributed by atoms with Crippen LogP contribution in [0.15, 0.2) is 26.0 Å². The quantitative estimate of drug-likeness (QED) is 0.681. The van der Waals surface area contributed by atoms with Gasteiger partial charge >= 0.3 is 0 Å². The predicted molar refractivity (Wildman–Crippen MR) is 76.8 cm³/mol. The normalized spacial score (nSPS) is 13.4. The molecule has 1 aromatic carbocycles. The molecule has 0 saturated heterocycles. The molecular formula is C10H11Br2ClO4S. The van der Waals surface area contributed by atoms with E-state index in [4.69, 9.17) is 20.2 Å². The highest BCUT2D eigenvalue weighted by Gasteiger charge is 2.17. The van der Waals surface area contributed by atoms with Gasteiger partial charge in [-0.2, -0.15) is 0 Å². The second-order valence-electron chi connectivity index (χ2n) is 3.51. The highest BCUT2D eigenvalue weighted by Crippen LogP contribution is 2.36. The summed E-state index contributed by atoms with van der Waals surface area (Å²) in [6, 6.07) is 2.78. The van der Waals surface area contributed by atoms with Gasteiger partial charge in [0.25, 0.3) is 9.05 Å². The Hall–Kier alpha value is 0.180. The number of hydrogen-bond acceptors (Lipinski definition) is 4. The molecule has 1 atom stereocenters. The van der Waals surface area contributed by atoms with E-state index in [1.807, 2.05) is 6.92 Å². The Morgan fingerprint density at radius 2 is 1.83 bits per heavy atom. The first kappa shape index (κ1) is 16.2. The first-order valence-electron chi connectivity index (χ1n) is 4.85. The fourth-order valence-electron chi connectivity index (χ4n) is 1.08. The zero-order chi connectivity index (χ0) is 13.9. The summed E-state index contributed by atoms with van der Waals surface area (Å²) in [4.78, 5) is -0.00458. The van der Waals surface area contributed by atoms with Crippen molar-refractivity contribution in [3.8, 4) is 5.75 Å². The lowest BCUT2D eigenvalue weighted by atomic mass is 10.3. The van der Waals surface area contributed by atoms with Crippen molar-refractivity contribution in [2.75, 3.05) is 13.7 Å². The van der Waals surface area contributed by atoms with Crippen molar-refractivity contribution in [3.63, 3.8) is 0 Å². The van der Waals surface area contributed by atoms with Crippen molar-refractivity contribution in [1.82, 2.24) is 0 Å². The lowest BCUT2D eigenvalue weighted by molar-refractivity contribution is 0.0711. The molecule has 0 heterocycles. The van der Waals surface area contributed by atoms with Gasteiger partial charge < -0.3 is 9.47 Å². The number of rotatable bonds is 5. The molecule has 0 spiro atoms. The highest BCUT2D eigenvalue weighted by atomic mass is 79.9. The van der Waals surface area contributed by atoms with E-state index in [0.29, 0.717) is 21.3 Å². The zero-order valence-electron chi connectivity index (χ0n) is 9.61. The molecule has 0 aliphatic rings. The lowest BCUT2D eigenvalue weighted by Gasteiger charge is -2.14. The molecule has 4 nitrogen and oxygen atoms in total. The molecule has 0 fully saturated rings. The van der Waals surface area contributed by atoms with Crippen LogP contribution in [0.2, 0.25) is 0 Å². The summed E-state index contributed by atoms with van der Waals surface area (Å²) in [6.45, 7) is 2.21. The lowest BCUT2D eigenvalue weighted by Crippen LogP contribution is -2.16. The van der Waals surface area contributed by atoms with E-state index >= 15 is 0 Å². The highest BCUT2D eigenvalue weighted by molar-refractivity contribution is 9.11. The second-order valence-corrected chi connectivity index (χ2v) is 7.79. The molecule has 1 rings (SSSR count). The Labute approximate surface area is 127 Å². The van der Waals surface area contributed by atoms with E-state index in [1.54, 1.807) is 7.11 Å². The van der Waals surface area contributed by atoms with Crippen molar-refractivity contribution >= 4 is 51.6 Å². The minimum absolute atomic E-state index is 0.00458. The van der Waals surface area contributed by atoms with Crippen molar-refractivity contribution in [1.29, 1.82) is 0 Å². The van der Waals surface area contributed by atoms with Crippen LogP contribution in [-0.2, 0) is 13.8 Å². The summed E-state index contributed by atoms with van der Waals surface area (Å²) in [5.74, 6) is 0.503. The van der Waals surface area contributed by atoms with Gasteiger partial charge in [0.15, 0.2) is 0 Å². The van der Waals surface area contributed by atoms with Crippen LogP contribution in [0.25, 0.3) is 0 Å². The Morgan fingerprint density at radius 3 is 2.22 bits per heavy atom. The van der Waals surface area contributed by atoms with Crippen LogP contribution >= 0.6 is 42.5 Å². The summed E-state index contributed by atoms with van der Waals surface area (Å²) in [5, 5.41) is 0. The Morgan fingerprint density at radius 1 is 1.33 bits per heavy atom. The van der Waals surface area contributed by atoms with Gasteiger partial charge in [0.2, 0.25) is 0 Å². The monoisotopic (exact) mass is 420 g/mol. The summed E-state index contributed by atoms with van der Waals surface area (Å²) in [7, 11) is 3.09. The molecule has 1 unspecified atom stereocenters. The zero-order valence-corrected chi connectivity index (χ0v) is 14.4. The standard InChI is InChI=1S/C10H11Br2ClO4S/c1-6(16-2)5-17-10-8(11)3-7(4-9(10)12)18(13,14)15/h3-4,6H,5H2,1-2H3. The van der Waals surface area contributed by atoms with Gasteiger partial charge in [0.05, 0.1) is 19.9 Å². The molecule has 0 bridgehead atoms. The largest absolute Gasteiger partial charge is 0.489 e. The molecule has 102 valence electrons. The summed E-state index contributed by atoms with van der Waals surface area (Å²) < 4.78 is 34.0. The fourth-order valence-corrected chi connectivity index (χ4v) is 3.59. The van der Waals surface area contributed by atoms with Crippen molar-refractivity contribution in [2.24, 2.45) is 0 Å². The third-order valence-electron chi connectivity index (χ3n) is 2.12. The smallest absolute Gasteiger partial charge is 0.261 e. The van der Waals surface area contributed by atoms with Crippen molar-refractivity contribution in [3.05, 3.63) is 21.1 Å². The van der Waals surface area contributed by atoms with E-state index in [1.165, 1.54) is 12.1 Å². The number of ether oxygens (including phenoxy) is 2. The molecule has 8 heteroatoms. The average Bonchev–Trinajstić information content (AvgIpc) is 2.26. The molecule has 0 N–H and O–H groups in total. The molecule has 0 radical (unpaired) electrons. The van der Waals surface area contributed by atoms with E-state index in [9.17, 15) is 8.42 Å². The summed E-state index contributed by atoms with van der Waals surface area (Å²) in [5.41, 5.74) is 0. The maximum absolute atomic E-state index is 11.2. The molecule has 18 heavy (non-hydrogen) atoms. The predicted octanol–water partition coefficient (Wildman–Crippen LogP) is 3.55. The molecule has 0 aliphatic heterocycles. The van der Waals surface area contributed by atoms with Crippen LogP contribution in [0.5, 0.6) is 5.75 Å². The molecule has 0 saturated carbocycles. The fraction of sp³-hybridized carbons (Fsp3) is 0.400. The maximum Gasteiger partial charge on any atom is 0.261 e. The number of methoxy groups -OCH3 is 1. The number of hydrogen-bond donors (Lipinski definition) is 0. The molecule has 1 aromatic rings. The molecule has 0 aliphatic carbocycles. The first-order chi connectivity index (χ1) is 8.25. The van der Waals surface area contributed by atoms with Crippen LogP contribution < -0.4 is 4.74 Å². The number of benzene rings is 1. The van der Waals surface area contributed by atoms with Crippen LogP contribution in [0, 0.1) is 0 Å². The number of halogens is 3. The molecule has 0 aromatic heterocycles. The summed E-state index contributed by atoms with van der Waals surface area (Å²) >= 11 is 6.49. The van der Waals surface area contributed by atoms with E-state index < -0.39 is 9.05 Å². The Bertz CT molecular complexity index is 510. The average molecular weight is 423 g/mol. The second kappa shape index (κ2) is 6.56. The van der Waals surface area contributed by atoms with Crippen molar-refractivity contribution < 1.29 is 17.9 Å². The Kier molecular flexibility index (Phi) is 5.92. The third-order valence-corrected chi connectivity index (χ3v) is 4.63.